The molecule has 1 aromatic carbocycles. The van der Waals surface area contributed by atoms with Gasteiger partial charge in [0.1, 0.15) is 21.4 Å². The molecule has 4 heterocycles. The van der Waals surface area contributed by atoms with E-state index in [2.05, 4.69) is 31.2 Å². The summed E-state index contributed by atoms with van der Waals surface area (Å²) in [6, 6.07) is 8.53. The molecule has 3 aromatic rings. The molecule has 0 aliphatic carbocycles. The van der Waals surface area contributed by atoms with Crippen molar-refractivity contribution in [3.05, 3.63) is 68.1 Å². The summed E-state index contributed by atoms with van der Waals surface area (Å²) in [6.45, 7) is 5.23. The monoisotopic (exact) mass is 637 g/mol. The maximum atomic E-state index is 13.5. The van der Waals surface area contributed by atoms with Gasteiger partial charge in [0.05, 0.1) is 24.7 Å². The van der Waals surface area contributed by atoms with E-state index in [-0.39, 0.29) is 53.5 Å². The Hall–Kier alpha value is -3.68. The van der Waals surface area contributed by atoms with Crippen molar-refractivity contribution in [3.8, 4) is 0 Å². The number of carbonyl (C=O) groups excluding carboxylic acids is 4. The van der Waals surface area contributed by atoms with Crippen LogP contribution in [0.5, 0.6) is 0 Å². The minimum atomic E-state index is -0.495. The number of hydrogen-bond donors (Lipinski definition) is 4. The molecule has 1 fully saturated rings. The van der Waals surface area contributed by atoms with Crippen molar-refractivity contribution in [2.75, 3.05) is 26.2 Å². The van der Waals surface area contributed by atoms with Gasteiger partial charge in [-0.3, -0.25) is 19.2 Å². The van der Waals surface area contributed by atoms with Crippen LogP contribution >= 0.6 is 22.7 Å². The number of rotatable bonds is 4. The second kappa shape index (κ2) is 14.9. The predicted molar refractivity (Wildman–Crippen MR) is 169 cm³/mol. The summed E-state index contributed by atoms with van der Waals surface area (Å²) >= 11 is 2.64. The van der Waals surface area contributed by atoms with Crippen molar-refractivity contribution in [2.45, 2.75) is 64.1 Å². The molecule has 0 unspecified atom stereocenters. The van der Waals surface area contributed by atoms with Crippen molar-refractivity contribution in [2.24, 2.45) is 5.92 Å². The number of amides is 4. The quantitative estimate of drug-likeness (QED) is 0.344. The van der Waals surface area contributed by atoms with Gasteiger partial charge in [-0.15, -0.1) is 22.7 Å². The molecule has 1 saturated heterocycles. The number of aromatic nitrogens is 2. The second-order valence-corrected chi connectivity index (χ2v) is 13.3. The van der Waals surface area contributed by atoms with E-state index < -0.39 is 12.1 Å². The Morgan fingerprint density at radius 1 is 0.932 bits per heavy atom. The van der Waals surface area contributed by atoms with Crippen molar-refractivity contribution in [1.82, 2.24) is 36.1 Å². The predicted octanol–water partition coefficient (Wildman–Crippen LogP) is 3.23. The lowest BCUT2D eigenvalue weighted by Gasteiger charge is -2.30. The van der Waals surface area contributed by atoms with Gasteiger partial charge in [0.25, 0.3) is 11.8 Å². The molecule has 2 aliphatic rings. The Bertz CT molecular complexity index is 1450. The summed E-state index contributed by atoms with van der Waals surface area (Å²) in [5.41, 5.74) is 1.53. The lowest BCUT2D eigenvalue weighted by molar-refractivity contribution is -0.138. The van der Waals surface area contributed by atoms with Crippen LogP contribution in [-0.4, -0.2) is 70.7 Å². The number of carbonyl (C=O) groups is 4. The standard InChI is InChI=1S/C31H39N7O4S2/c1-19(2)26-30-36-23(17-44-30)27(40)33-13-8-14-38(31(42)21-11-6-7-12-32-21)16-25(39)34-22(15-20-9-4-3-5-10-20)29-35-24(18-43-29)28(41)37-26/h3-5,9-10,17-19,21-22,26,32H,6-8,11-16H2,1-2H3,(H,33,40)(H,34,39)(H,37,41)/t21-,22+,26+/m1/s1. The zero-order valence-electron chi connectivity index (χ0n) is 25.0. The molecule has 5 rings (SSSR count). The van der Waals surface area contributed by atoms with Crippen LogP contribution in [0.15, 0.2) is 41.1 Å². The van der Waals surface area contributed by atoms with E-state index in [1.54, 1.807) is 15.7 Å². The highest BCUT2D eigenvalue weighted by atomic mass is 32.1. The van der Waals surface area contributed by atoms with Crippen LogP contribution in [0.2, 0.25) is 0 Å². The topological polar surface area (TPSA) is 145 Å². The molecule has 2 aliphatic heterocycles. The average Bonchev–Trinajstić information content (AvgIpc) is 3.72. The number of fused-ring (bicyclic) bond motifs is 4. The fraction of sp³-hybridized carbons (Fsp3) is 0.484. The smallest absolute Gasteiger partial charge is 0.271 e. The maximum absolute atomic E-state index is 13.5. The van der Waals surface area contributed by atoms with Gasteiger partial charge in [-0.05, 0) is 43.7 Å². The van der Waals surface area contributed by atoms with Gasteiger partial charge in [-0.1, -0.05) is 50.6 Å². The highest BCUT2D eigenvalue weighted by molar-refractivity contribution is 7.10. The molecule has 0 saturated carbocycles. The SMILES string of the molecule is CC(C)[C@@H]1NC(=O)c2csc(n2)[C@H](Cc2ccccc2)NC(=O)CN(C(=O)[C@H]2CCCCN2)CCCNC(=O)c2csc1n2. The summed E-state index contributed by atoms with van der Waals surface area (Å²) in [7, 11) is 0. The van der Waals surface area contributed by atoms with E-state index in [0.717, 1.165) is 31.4 Å². The third-order valence-electron chi connectivity index (χ3n) is 7.79. The summed E-state index contributed by atoms with van der Waals surface area (Å²) in [4.78, 5) is 64.1. The van der Waals surface area contributed by atoms with Crippen LogP contribution < -0.4 is 21.3 Å². The summed E-state index contributed by atoms with van der Waals surface area (Å²) in [6.07, 6.45) is 3.63. The fourth-order valence-electron chi connectivity index (χ4n) is 5.39. The summed E-state index contributed by atoms with van der Waals surface area (Å²) in [5, 5.41) is 16.9. The Balaban J connectivity index is 1.44. The van der Waals surface area contributed by atoms with E-state index in [4.69, 9.17) is 0 Å². The Morgan fingerprint density at radius 3 is 2.39 bits per heavy atom. The molecular formula is C31H39N7O4S2. The van der Waals surface area contributed by atoms with Crippen LogP contribution in [-0.2, 0) is 16.0 Å². The van der Waals surface area contributed by atoms with E-state index in [1.165, 1.54) is 22.7 Å². The fourth-order valence-corrected chi connectivity index (χ4v) is 7.26. The van der Waals surface area contributed by atoms with Crippen LogP contribution in [0.3, 0.4) is 0 Å². The number of thiazole rings is 2. The van der Waals surface area contributed by atoms with E-state index in [1.807, 2.05) is 44.2 Å². The minimum absolute atomic E-state index is 0.0144. The summed E-state index contributed by atoms with van der Waals surface area (Å²) in [5.74, 6) is -1.09. The van der Waals surface area contributed by atoms with Crippen LogP contribution in [0, 0.1) is 5.92 Å². The number of benzene rings is 1. The molecule has 2 aromatic heterocycles. The molecular weight excluding hydrogens is 599 g/mol. The number of hydrogen-bond acceptors (Lipinski definition) is 9. The van der Waals surface area contributed by atoms with Crippen LogP contribution in [0.25, 0.3) is 0 Å². The third-order valence-corrected chi connectivity index (χ3v) is 9.68. The van der Waals surface area contributed by atoms with Crippen LogP contribution in [0.1, 0.15) is 88.2 Å². The average molecular weight is 638 g/mol. The Morgan fingerprint density at radius 2 is 1.66 bits per heavy atom. The molecule has 0 spiro atoms. The number of piperidine rings is 1. The molecule has 44 heavy (non-hydrogen) atoms. The van der Waals surface area contributed by atoms with Crippen molar-refractivity contribution < 1.29 is 19.2 Å². The number of nitrogens with zero attached hydrogens (tertiary/aromatic N) is 3. The number of nitrogens with one attached hydrogen (secondary N) is 4. The van der Waals surface area contributed by atoms with Crippen molar-refractivity contribution in [1.29, 1.82) is 0 Å². The first-order chi connectivity index (χ1) is 21.3. The lowest BCUT2D eigenvalue weighted by Crippen LogP contribution is -2.52. The van der Waals surface area contributed by atoms with Crippen molar-refractivity contribution >= 4 is 46.3 Å². The second-order valence-electron chi connectivity index (χ2n) is 11.5. The first kappa shape index (κ1) is 31.7. The molecule has 0 radical (unpaired) electrons. The van der Waals surface area contributed by atoms with Gasteiger partial charge in [0, 0.05) is 23.8 Å². The van der Waals surface area contributed by atoms with Crippen LogP contribution in [0.4, 0.5) is 0 Å². The normalized spacial score (nSPS) is 22.3. The minimum Gasteiger partial charge on any atom is -0.351 e. The first-order valence-electron chi connectivity index (χ1n) is 15.1. The third kappa shape index (κ3) is 8.07. The Kier molecular flexibility index (Phi) is 10.7. The lowest BCUT2D eigenvalue weighted by atomic mass is 10.0. The van der Waals surface area contributed by atoms with E-state index in [9.17, 15) is 19.2 Å². The van der Waals surface area contributed by atoms with E-state index >= 15 is 0 Å². The molecule has 234 valence electrons. The highest BCUT2D eigenvalue weighted by Gasteiger charge is 2.29. The maximum Gasteiger partial charge on any atom is 0.271 e. The highest BCUT2D eigenvalue weighted by Crippen LogP contribution is 2.27. The van der Waals surface area contributed by atoms with Gasteiger partial charge in [-0.2, -0.15) is 0 Å². The molecule has 4 amide bonds. The van der Waals surface area contributed by atoms with Gasteiger partial charge in [0.15, 0.2) is 0 Å². The molecule has 13 heteroatoms. The van der Waals surface area contributed by atoms with Gasteiger partial charge in [-0.25, -0.2) is 9.97 Å². The van der Waals surface area contributed by atoms with Crippen molar-refractivity contribution in [3.63, 3.8) is 0 Å². The molecule has 4 N–H and O–H groups in total. The van der Waals surface area contributed by atoms with E-state index in [0.29, 0.717) is 35.9 Å². The zero-order chi connectivity index (χ0) is 31.1. The first-order valence-corrected chi connectivity index (χ1v) is 16.9. The zero-order valence-corrected chi connectivity index (χ0v) is 26.6. The molecule has 11 nitrogen and oxygen atoms in total. The van der Waals surface area contributed by atoms with Gasteiger partial charge >= 0.3 is 0 Å². The molecule has 3 atom stereocenters. The Labute approximate surface area is 265 Å². The van der Waals surface area contributed by atoms with Gasteiger partial charge < -0.3 is 26.2 Å². The molecule has 4 bridgehead atoms. The summed E-state index contributed by atoms with van der Waals surface area (Å²) < 4.78 is 0. The van der Waals surface area contributed by atoms with Gasteiger partial charge in [0.2, 0.25) is 11.8 Å². The largest absolute Gasteiger partial charge is 0.351 e.